The van der Waals surface area contributed by atoms with Gasteiger partial charge in [-0.2, -0.15) is 0 Å². The fraction of sp³-hybridized carbons (Fsp3) is 0.273. The highest BCUT2D eigenvalue weighted by Crippen LogP contribution is 2.13. The topological polar surface area (TPSA) is 70.2 Å². The third-order valence-corrected chi connectivity index (χ3v) is 5.89. The van der Waals surface area contributed by atoms with Crippen molar-refractivity contribution < 1.29 is 9.53 Å². The molecule has 0 aromatic carbocycles. The number of fused-ring (bicyclic) bond motifs is 1. The lowest BCUT2D eigenvalue weighted by atomic mass is 10.1. The Labute approximate surface area is 166 Å². The van der Waals surface area contributed by atoms with E-state index in [-0.39, 0.29) is 11.7 Å². The molecule has 28 heavy (non-hydrogen) atoms. The van der Waals surface area contributed by atoms with E-state index in [4.69, 9.17) is 9.73 Å². The van der Waals surface area contributed by atoms with Gasteiger partial charge in [-0.25, -0.2) is 4.99 Å². The van der Waals surface area contributed by atoms with E-state index >= 15 is 0 Å². The van der Waals surface area contributed by atoms with Crippen LogP contribution in [0.5, 0.6) is 5.75 Å². The Balaban J connectivity index is 1.81. The predicted molar refractivity (Wildman–Crippen MR) is 113 cm³/mol. The van der Waals surface area contributed by atoms with Crippen LogP contribution in [-0.4, -0.2) is 22.9 Å². The number of rotatable bonds is 4. The molecule has 2 N–H and O–H groups in total. The zero-order chi connectivity index (χ0) is 20.0. The number of H-pyrrole nitrogens is 2. The Kier molecular flexibility index (Phi) is 4.59. The number of aromatic nitrogens is 2. The molecule has 0 unspecified atom stereocenters. The third kappa shape index (κ3) is 3.24. The third-order valence-electron chi connectivity index (χ3n) is 4.80. The smallest absolute Gasteiger partial charge is 0.175 e. The lowest BCUT2D eigenvalue weighted by molar-refractivity contribution is 0.0943. The summed E-state index contributed by atoms with van der Waals surface area (Å²) >= 11 is 1.50. The van der Waals surface area contributed by atoms with E-state index in [9.17, 15) is 4.79 Å². The number of methoxy groups -OCH3 is 1. The van der Waals surface area contributed by atoms with E-state index in [2.05, 4.69) is 29.0 Å². The Morgan fingerprint density at radius 3 is 2.61 bits per heavy atom. The number of carbonyl (C=O) groups is 1. The maximum atomic E-state index is 12.2. The van der Waals surface area contributed by atoms with Gasteiger partial charge in [0.25, 0.3) is 0 Å². The number of aryl methyl sites for hydroxylation is 2. The predicted octanol–water partition coefficient (Wildman–Crippen LogP) is 1.92. The first kappa shape index (κ1) is 18.5. The van der Waals surface area contributed by atoms with Gasteiger partial charge in [-0.3, -0.25) is 4.79 Å². The quantitative estimate of drug-likeness (QED) is 0.665. The zero-order valence-corrected chi connectivity index (χ0v) is 17.5. The number of nitrogens with zero attached hydrogens (tertiary/aromatic N) is 1. The number of carbonyl (C=O) groups excluding carboxylic acids is 1. The van der Waals surface area contributed by atoms with Gasteiger partial charge in [0, 0.05) is 23.4 Å². The molecule has 3 aromatic heterocycles. The summed E-state index contributed by atoms with van der Waals surface area (Å²) in [6.45, 7) is 7.96. The van der Waals surface area contributed by atoms with E-state index in [1.807, 2.05) is 39.0 Å². The van der Waals surface area contributed by atoms with Crippen LogP contribution in [0.4, 0.5) is 0 Å². The van der Waals surface area contributed by atoms with Gasteiger partial charge < -0.3 is 14.7 Å². The van der Waals surface area contributed by atoms with Crippen LogP contribution in [0.15, 0.2) is 23.2 Å². The minimum Gasteiger partial charge on any atom is -0.494 e. The number of ketones is 1. The molecule has 1 aliphatic heterocycles. The van der Waals surface area contributed by atoms with Gasteiger partial charge >= 0.3 is 0 Å². The molecule has 0 spiro atoms. The summed E-state index contributed by atoms with van der Waals surface area (Å²) in [7, 11) is 1.66. The van der Waals surface area contributed by atoms with Crippen molar-refractivity contribution in [2.24, 2.45) is 10.9 Å². The molecule has 0 saturated heterocycles. The summed E-state index contributed by atoms with van der Waals surface area (Å²) in [4.78, 5) is 24.5. The van der Waals surface area contributed by atoms with Crippen molar-refractivity contribution in [3.8, 4) is 5.75 Å². The van der Waals surface area contributed by atoms with Gasteiger partial charge in [0.2, 0.25) is 0 Å². The Morgan fingerprint density at radius 1 is 1.21 bits per heavy atom. The van der Waals surface area contributed by atoms with E-state index in [1.165, 1.54) is 16.9 Å². The van der Waals surface area contributed by atoms with E-state index < -0.39 is 0 Å². The Morgan fingerprint density at radius 2 is 2.00 bits per heavy atom. The maximum absolute atomic E-state index is 12.2. The van der Waals surface area contributed by atoms with Crippen molar-refractivity contribution in [2.45, 2.75) is 27.7 Å². The van der Waals surface area contributed by atoms with Crippen LogP contribution in [0.25, 0.3) is 17.8 Å². The zero-order valence-electron chi connectivity index (χ0n) is 16.6. The normalized spacial score (nSPS) is 15.6. The van der Waals surface area contributed by atoms with Crippen LogP contribution in [0.1, 0.15) is 40.5 Å². The average Bonchev–Trinajstić information content (AvgIpc) is 3.37. The number of thiophene rings is 1. The minimum absolute atomic E-state index is 0.00641. The van der Waals surface area contributed by atoms with Crippen LogP contribution in [0, 0.1) is 19.8 Å². The first-order valence-electron chi connectivity index (χ1n) is 9.25. The van der Waals surface area contributed by atoms with Gasteiger partial charge in [-0.1, -0.05) is 13.8 Å². The van der Waals surface area contributed by atoms with Crippen molar-refractivity contribution in [2.75, 3.05) is 7.11 Å². The van der Waals surface area contributed by atoms with Crippen molar-refractivity contribution in [1.29, 1.82) is 0 Å². The highest BCUT2D eigenvalue weighted by molar-refractivity contribution is 7.12. The first-order chi connectivity index (χ1) is 13.4. The average molecular weight is 394 g/mol. The number of nitrogens with one attached hydrogen (secondary N) is 2. The second-order valence-corrected chi connectivity index (χ2v) is 8.46. The molecule has 4 rings (SSSR count). The Hall–Kier alpha value is -2.86. The number of aromatic amines is 2. The lowest BCUT2D eigenvalue weighted by Gasteiger charge is -1.98. The molecule has 0 bridgehead atoms. The number of Topliss-reactive ketones (excluding diaryl/α,β-unsaturated/α-hetero) is 1. The summed E-state index contributed by atoms with van der Waals surface area (Å²) in [5.41, 5.74) is 4.21. The second-order valence-electron chi connectivity index (χ2n) is 7.38. The lowest BCUT2D eigenvalue weighted by Crippen LogP contribution is -2.13. The highest BCUT2D eigenvalue weighted by Gasteiger charge is 2.15. The van der Waals surface area contributed by atoms with Gasteiger partial charge in [0.05, 0.1) is 38.3 Å². The number of hydrogen-bond acceptors (Lipinski definition) is 4. The van der Waals surface area contributed by atoms with E-state index in [0.717, 1.165) is 48.3 Å². The molecule has 5 nitrogen and oxygen atoms in total. The van der Waals surface area contributed by atoms with Crippen molar-refractivity contribution in [3.05, 3.63) is 60.6 Å². The molecule has 144 valence electrons. The molecule has 0 fully saturated rings. The van der Waals surface area contributed by atoms with Crippen LogP contribution >= 0.6 is 11.3 Å². The van der Waals surface area contributed by atoms with Gasteiger partial charge in [-0.05, 0) is 43.7 Å². The fourth-order valence-corrected chi connectivity index (χ4v) is 4.45. The molecular formula is C22H23N3O2S. The molecular weight excluding hydrogens is 370 g/mol. The fourth-order valence-electron chi connectivity index (χ4n) is 3.33. The van der Waals surface area contributed by atoms with Crippen LogP contribution in [0.3, 0.4) is 0 Å². The van der Waals surface area contributed by atoms with Gasteiger partial charge in [0.1, 0.15) is 5.75 Å². The summed E-state index contributed by atoms with van der Waals surface area (Å²) in [6, 6.07) is 5.97. The highest BCUT2D eigenvalue weighted by atomic mass is 32.1. The second kappa shape index (κ2) is 6.95. The van der Waals surface area contributed by atoms with Crippen molar-refractivity contribution in [1.82, 2.24) is 9.97 Å². The molecule has 0 saturated carbocycles. The number of ether oxygens (including phenoxy) is 1. The molecule has 0 aliphatic carbocycles. The van der Waals surface area contributed by atoms with Crippen LogP contribution in [0.2, 0.25) is 0 Å². The molecule has 6 heteroatoms. The van der Waals surface area contributed by atoms with E-state index in [1.54, 1.807) is 7.11 Å². The standard InChI is InChI=1S/C22H23N3O2S/c1-11(2)22(26)21-10-18-20(28-21)9-16(25-18)15-8-19(27-5)17(24-15)7-14-12(3)6-13(4)23-14/h6-11,23-24H,1-5H3/b16-15?,17-7-. The van der Waals surface area contributed by atoms with Crippen molar-refractivity contribution in [3.63, 3.8) is 0 Å². The maximum Gasteiger partial charge on any atom is 0.175 e. The SMILES string of the molecule is COc1cc(=C2C=c3sc(C(=O)C(C)C)cc3=N2)[nH]/c1=C\c1[nH]c(C)cc1C. The van der Waals surface area contributed by atoms with Gasteiger partial charge in [-0.15, -0.1) is 11.3 Å². The molecule has 1 aliphatic rings. The van der Waals surface area contributed by atoms with E-state index in [0.29, 0.717) is 0 Å². The molecule has 4 heterocycles. The van der Waals surface area contributed by atoms with Crippen LogP contribution < -0.4 is 25.3 Å². The van der Waals surface area contributed by atoms with Crippen molar-refractivity contribution >= 4 is 35.0 Å². The summed E-state index contributed by atoms with van der Waals surface area (Å²) in [6.07, 6.45) is 4.07. The minimum atomic E-state index is -0.00641. The molecule has 0 atom stereocenters. The molecule has 3 aromatic rings. The largest absolute Gasteiger partial charge is 0.494 e. The van der Waals surface area contributed by atoms with Gasteiger partial charge in [0.15, 0.2) is 5.78 Å². The first-order valence-corrected chi connectivity index (χ1v) is 10.1. The van der Waals surface area contributed by atoms with Crippen LogP contribution in [-0.2, 0) is 0 Å². The Bertz CT molecular complexity index is 1280. The summed E-state index contributed by atoms with van der Waals surface area (Å²) in [5, 5.41) is 2.65. The summed E-state index contributed by atoms with van der Waals surface area (Å²) in [5.74, 6) is 0.927. The number of hydrogen-bond donors (Lipinski definition) is 2. The molecule has 0 amide bonds. The monoisotopic (exact) mass is 393 g/mol. The summed E-state index contributed by atoms with van der Waals surface area (Å²) < 4.78 is 6.57. The molecule has 0 radical (unpaired) electrons.